The number of rotatable bonds is 2. The number of fused-ring (bicyclic) bond motifs is 1. The summed E-state index contributed by atoms with van der Waals surface area (Å²) in [5, 5.41) is 2.42. The lowest BCUT2D eigenvalue weighted by Gasteiger charge is -2.12. The van der Waals surface area contributed by atoms with E-state index in [-0.39, 0.29) is 6.04 Å². The molecule has 16 heavy (non-hydrogen) atoms. The third-order valence-electron chi connectivity index (χ3n) is 2.72. The molecule has 82 valence electrons. The first-order valence-corrected chi connectivity index (χ1v) is 5.97. The highest BCUT2D eigenvalue weighted by Crippen LogP contribution is 2.24. The van der Waals surface area contributed by atoms with Gasteiger partial charge in [-0.3, -0.25) is 0 Å². The lowest BCUT2D eigenvalue weighted by molar-refractivity contribution is 0.852. The molecule has 1 unspecified atom stereocenters. The summed E-state index contributed by atoms with van der Waals surface area (Å²) < 4.78 is 1.09. The van der Waals surface area contributed by atoms with E-state index in [9.17, 15) is 0 Å². The van der Waals surface area contributed by atoms with Crippen molar-refractivity contribution < 1.29 is 0 Å². The second kappa shape index (κ2) is 4.40. The van der Waals surface area contributed by atoms with Crippen molar-refractivity contribution in [3.8, 4) is 0 Å². The first-order valence-electron chi connectivity index (χ1n) is 5.18. The molecule has 1 nitrogen and oxygen atoms in total. The van der Waals surface area contributed by atoms with Crippen molar-refractivity contribution >= 4 is 26.7 Å². The van der Waals surface area contributed by atoms with E-state index >= 15 is 0 Å². The minimum atomic E-state index is -0.0759. The van der Waals surface area contributed by atoms with Crippen LogP contribution < -0.4 is 5.73 Å². The largest absolute Gasteiger partial charge is 0.321 e. The zero-order valence-electron chi connectivity index (χ0n) is 9.20. The van der Waals surface area contributed by atoms with Gasteiger partial charge >= 0.3 is 0 Å². The Balaban J connectivity index is 2.52. The molecule has 2 heteroatoms. The van der Waals surface area contributed by atoms with Gasteiger partial charge < -0.3 is 5.73 Å². The monoisotopic (exact) mass is 275 g/mol. The van der Waals surface area contributed by atoms with E-state index in [4.69, 9.17) is 5.73 Å². The van der Waals surface area contributed by atoms with Gasteiger partial charge in [-0.2, -0.15) is 0 Å². The topological polar surface area (TPSA) is 26.0 Å². The average molecular weight is 276 g/mol. The summed E-state index contributed by atoms with van der Waals surface area (Å²) in [6.07, 6.45) is 0. The highest BCUT2D eigenvalue weighted by molar-refractivity contribution is 9.10. The molecule has 0 radical (unpaired) electrons. The van der Waals surface area contributed by atoms with Crippen LogP contribution in [0.2, 0.25) is 0 Å². The van der Waals surface area contributed by atoms with Crippen LogP contribution in [-0.2, 0) is 0 Å². The van der Waals surface area contributed by atoms with Crippen LogP contribution in [0.5, 0.6) is 0 Å². The SMILES string of the molecule is C=C(C)C(N)c1ccc2cc(Br)ccc2c1. The summed E-state index contributed by atoms with van der Waals surface area (Å²) in [5.41, 5.74) is 8.15. The van der Waals surface area contributed by atoms with Crippen molar-refractivity contribution in [1.29, 1.82) is 0 Å². The van der Waals surface area contributed by atoms with Crippen molar-refractivity contribution in [1.82, 2.24) is 0 Å². The van der Waals surface area contributed by atoms with Crippen LogP contribution >= 0.6 is 15.9 Å². The highest BCUT2D eigenvalue weighted by atomic mass is 79.9. The summed E-state index contributed by atoms with van der Waals surface area (Å²) in [5.74, 6) is 0. The number of hydrogen-bond donors (Lipinski definition) is 1. The Labute approximate surface area is 104 Å². The smallest absolute Gasteiger partial charge is 0.0505 e. The fraction of sp³-hybridized carbons (Fsp3) is 0.143. The Kier molecular flexibility index (Phi) is 3.13. The molecule has 0 amide bonds. The van der Waals surface area contributed by atoms with Crippen molar-refractivity contribution in [2.75, 3.05) is 0 Å². The van der Waals surface area contributed by atoms with Crippen LogP contribution in [0.15, 0.2) is 53.0 Å². The Hall–Kier alpha value is -1.12. The summed E-state index contributed by atoms with van der Waals surface area (Å²) in [4.78, 5) is 0. The van der Waals surface area contributed by atoms with Gasteiger partial charge in [0, 0.05) is 4.47 Å². The number of nitrogens with two attached hydrogens (primary N) is 1. The molecule has 2 aromatic carbocycles. The van der Waals surface area contributed by atoms with Crippen molar-refractivity contribution in [2.24, 2.45) is 5.73 Å². The first kappa shape index (κ1) is 11.4. The van der Waals surface area contributed by atoms with Gasteiger partial charge in [-0.05, 0) is 41.5 Å². The highest BCUT2D eigenvalue weighted by Gasteiger charge is 2.06. The van der Waals surface area contributed by atoms with Crippen molar-refractivity contribution in [3.05, 3.63) is 58.6 Å². The van der Waals surface area contributed by atoms with Gasteiger partial charge in [0.25, 0.3) is 0 Å². The third kappa shape index (κ3) is 2.18. The molecule has 0 aliphatic heterocycles. The molecule has 0 aliphatic carbocycles. The molecule has 0 aliphatic rings. The van der Waals surface area contributed by atoms with Crippen molar-refractivity contribution in [2.45, 2.75) is 13.0 Å². The maximum Gasteiger partial charge on any atom is 0.0505 e. The first-order chi connectivity index (χ1) is 7.58. The molecule has 2 N–H and O–H groups in total. The van der Waals surface area contributed by atoms with Crippen LogP contribution in [0, 0.1) is 0 Å². The van der Waals surface area contributed by atoms with E-state index in [1.807, 2.05) is 13.0 Å². The van der Waals surface area contributed by atoms with E-state index < -0.39 is 0 Å². The predicted octanol–water partition coefficient (Wildman–Crippen LogP) is 4.18. The number of benzene rings is 2. The molecule has 0 spiro atoms. The van der Waals surface area contributed by atoms with E-state index in [2.05, 4.69) is 52.8 Å². The van der Waals surface area contributed by atoms with Crippen LogP contribution in [-0.4, -0.2) is 0 Å². The molecule has 2 aromatic rings. The fourth-order valence-corrected chi connectivity index (χ4v) is 2.09. The van der Waals surface area contributed by atoms with Gasteiger partial charge in [-0.15, -0.1) is 0 Å². The molecule has 0 saturated carbocycles. The van der Waals surface area contributed by atoms with Gasteiger partial charge in [-0.1, -0.05) is 46.3 Å². The molecule has 0 heterocycles. The molecule has 2 rings (SSSR count). The summed E-state index contributed by atoms with van der Waals surface area (Å²) in [6, 6.07) is 12.4. The number of hydrogen-bond acceptors (Lipinski definition) is 1. The van der Waals surface area contributed by atoms with Crippen LogP contribution in [0.3, 0.4) is 0 Å². The number of halogens is 1. The quantitative estimate of drug-likeness (QED) is 0.818. The molecular formula is C14H14BrN. The van der Waals surface area contributed by atoms with Crippen molar-refractivity contribution in [3.63, 3.8) is 0 Å². The second-order valence-corrected chi connectivity index (χ2v) is 4.99. The Morgan fingerprint density at radius 3 is 2.50 bits per heavy atom. The van der Waals surface area contributed by atoms with E-state index in [1.54, 1.807) is 0 Å². The summed E-state index contributed by atoms with van der Waals surface area (Å²) >= 11 is 3.46. The third-order valence-corrected chi connectivity index (χ3v) is 3.21. The average Bonchev–Trinajstić information content (AvgIpc) is 2.27. The molecule has 1 atom stereocenters. The molecular weight excluding hydrogens is 262 g/mol. The van der Waals surface area contributed by atoms with Gasteiger partial charge in [0.2, 0.25) is 0 Å². The maximum absolute atomic E-state index is 6.05. The van der Waals surface area contributed by atoms with E-state index in [1.165, 1.54) is 10.8 Å². The van der Waals surface area contributed by atoms with Crippen LogP contribution in [0.4, 0.5) is 0 Å². The predicted molar refractivity (Wildman–Crippen MR) is 73.4 cm³/mol. The summed E-state index contributed by atoms with van der Waals surface area (Å²) in [6.45, 7) is 5.85. The summed E-state index contributed by atoms with van der Waals surface area (Å²) in [7, 11) is 0. The van der Waals surface area contributed by atoms with Gasteiger partial charge in [0.15, 0.2) is 0 Å². The fourth-order valence-electron chi connectivity index (χ4n) is 1.71. The Bertz CT molecular complexity index is 545. The van der Waals surface area contributed by atoms with Crippen LogP contribution in [0.1, 0.15) is 18.5 Å². The Morgan fingerprint density at radius 2 is 1.81 bits per heavy atom. The lowest BCUT2D eigenvalue weighted by Crippen LogP contribution is -2.10. The van der Waals surface area contributed by atoms with Gasteiger partial charge in [0.05, 0.1) is 6.04 Å². The minimum absolute atomic E-state index is 0.0759. The standard InChI is InChI=1S/C14H14BrN/c1-9(2)14(16)12-4-3-11-8-13(15)6-5-10(11)7-12/h3-8,14H,1,16H2,2H3. The van der Waals surface area contributed by atoms with Gasteiger partial charge in [-0.25, -0.2) is 0 Å². The zero-order valence-corrected chi connectivity index (χ0v) is 10.8. The normalized spacial score (nSPS) is 12.7. The Morgan fingerprint density at radius 1 is 1.19 bits per heavy atom. The lowest BCUT2D eigenvalue weighted by atomic mass is 9.99. The van der Waals surface area contributed by atoms with E-state index in [0.29, 0.717) is 0 Å². The minimum Gasteiger partial charge on any atom is -0.321 e. The molecule has 0 saturated heterocycles. The van der Waals surface area contributed by atoms with E-state index in [0.717, 1.165) is 15.6 Å². The van der Waals surface area contributed by atoms with Gasteiger partial charge in [0.1, 0.15) is 0 Å². The zero-order chi connectivity index (χ0) is 11.7. The molecule has 0 fully saturated rings. The molecule has 0 bridgehead atoms. The second-order valence-electron chi connectivity index (χ2n) is 4.07. The van der Waals surface area contributed by atoms with Crippen LogP contribution in [0.25, 0.3) is 10.8 Å². The maximum atomic E-state index is 6.05. The molecule has 0 aromatic heterocycles.